The van der Waals surface area contributed by atoms with Gasteiger partial charge in [-0.25, -0.2) is 4.98 Å². The van der Waals surface area contributed by atoms with Gasteiger partial charge in [0, 0.05) is 62.1 Å². The van der Waals surface area contributed by atoms with E-state index in [0.717, 1.165) is 49.9 Å². The van der Waals surface area contributed by atoms with Crippen molar-refractivity contribution in [3.05, 3.63) is 47.4 Å². The molecule has 3 aromatic rings. The number of carbonyl (C=O) groups excluding carboxylic acids is 1. The summed E-state index contributed by atoms with van der Waals surface area (Å²) < 4.78 is 9.85. The van der Waals surface area contributed by atoms with Crippen LogP contribution in [0.1, 0.15) is 70.1 Å². The molecule has 1 saturated heterocycles. The van der Waals surface area contributed by atoms with Crippen molar-refractivity contribution in [1.29, 1.82) is 0 Å². The van der Waals surface area contributed by atoms with Gasteiger partial charge in [0.05, 0.1) is 24.9 Å². The van der Waals surface area contributed by atoms with E-state index in [9.17, 15) is 4.79 Å². The molecule has 1 amide bonds. The van der Waals surface area contributed by atoms with Gasteiger partial charge in [0.15, 0.2) is 11.6 Å². The number of nitrogens with zero attached hydrogens (tertiary/aromatic N) is 6. The minimum Gasteiger partial charge on any atom is -0.379 e. The van der Waals surface area contributed by atoms with Crippen LogP contribution in [-0.2, 0) is 28.0 Å². The third-order valence-corrected chi connectivity index (χ3v) is 6.91. The van der Waals surface area contributed by atoms with Crippen LogP contribution in [0.25, 0.3) is 0 Å². The molecule has 10 nitrogen and oxygen atoms in total. The van der Waals surface area contributed by atoms with Crippen molar-refractivity contribution in [2.24, 2.45) is 0 Å². The fourth-order valence-electron chi connectivity index (χ4n) is 5.02. The molecule has 5 rings (SSSR count). The highest BCUT2D eigenvalue weighted by molar-refractivity contribution is 5.87. The maximum atomic E-state index is 11.4. The molecule has 2 aliphatic rings. The van der Waals surface area contributed by atoms with E-state index in [-0.39, 0.29) is 23.4 Å². The van der Waals surface area contributed by atoms with Crippen LogP contribution in [0.3, 0.4) is 0 Å². The molecular weight excluding hydrogens is 456 g/mol. The van der Waals surface area contributed by atoms with Gasteiger partial charge in [0.2, 0.25) is 5.91 Å². The number of aromatic nitrogens is 5. The standard InChI is InChI=1S/C26H36N8O2/c1-17-21-13-24(29-25-14-22(26(3,4)5)34(31-25)20-7-11-36-16-20)30-33(21)10-9-32(17)15-19-6-8-27-23(12-19)28-18(2)35/h6,8,12-14,17,20H,7,9-11,15-16H2,1-5H3,(H,27,28,35)(H,29,30,31)/t17?,20-/m0/s1. The minimum absolute atomic E-state index is 0.0231. The first-order valence-electron chi connectivity index (χ1n) is 12.7. The number of fused-ring (bicyclic) bond motifs is 1. The fourth-order valence-corrected chi connectivity index (χ4v) is 5.02. The average molecular weight is 493 g/mol. The Morgan fingerprint density at radius 1 is 1.14 bits per heavy atom. The third-order valence-electron chi connectivity index (χ3n) is 6.91. The van der Waals surface area contributed by atoms with Gasteiger partial charge >= 0.3 is 0 Å². The molecule has 2 atom stereocenters. The lowest BCUT2D eigenvalue weighted by molar-refractivity contribution is -0.114. The Morgan fingerprint density at radius 2 is 1.94 bits per heavy atom. The Kier molecular flexibility index (Phi) is 6.57. The van der Waals surface area contributed by atoms with E-state index in [1.165, 1.54) is 18.3 Å². The van der Waals surface area contributed by atoms with E-state index in [4.69, 9.17) is 14.9 Å². The monoisotopic (exact) mass is 492 g/mol. The third kappa shape index (κ3) is 5.15. The first-order chi connectivity index (χ1) is 17.2. The Labute approximate surface area is 212 Å². The van der Waals surface area contributed by atoms with Crippen molar-refractivity contribution in [3.63, 3.8) is 0 Å². The molecule has 2 aliphatic heterocycles. The SMILES string of the molecule is CC(=O)Nc1cc(CN2CCn3nc(Nc4cc(C(C)(C)C)n([C@H]5CCOC5)n4)cc3C2C)ccn1. The second-order valence-corrected chi connectivity index (χ2v) is 10.8. The maximum Gasteiger partial charge on any atom is 0.222 e. The van der Waals surface area contributed by atoms with E-state index in [2.05, 4.69) is 69.7 Å². The number of pyridine rings is 1. The highest BCUT2D eigenvalue weighted by atomic mass is 16.5. The number of hydrogen-bond donors (Lipinski definition) is 2. The van der Waals surface area contributed by atoms with Crippen molar-refractivity contribution in [1.82, 2.24) is 29.4 Å². The van der Waals surface area contributed by atoms with Crippen molar-refractivity contribution in [2.75, 3.05) is 30.4 Å². The van der Waals surface area contributed by atoms with E-state index >= 15 is 0 Å². The Balaban J connectivity index is 1.32. The molecule has 5 heterocycles. The zero-order chi connectivity index (χ0) is 25.4. The van der Waals surface area contributed by atoms with Crippen LogP contribution in [0.15, 0.2) is 30.5 Å². The van der Waals surface area contributed by atoms with Crippen LogP contribution in [0.2, 0.25) is 0 Å². The normalized spacial score (nSPS) is 20.4. The number of amides is 1. The van der Waals surface area contributed by atoms with Gasteiger partial charge in [0.25, 0.3) is 0 Å². The average Bonchev–Trinajstić information content (AvgIpc) is 3.55. The molecule has 36 heavy (non-hydrogen) atoms. The van der Waals surface area contributed by atoms with Crippen LogP contribution < -0.4 is 10.6 Å². The van der Waals surface area contributed by atoms with Crippen molar-refractivity contribution < 1.29 is 9.53 Å². The van der Waals surface area contributed by atoms with E-state index < -0.39 is 0 Å². The summed E-state index contributed by atoms with van der Waals surface area (Å²) in [6.45, 7) is 14.3. The predicted molar refractivity (Wildman–Crippen MR) is 138 cm³/mol. The molecule has 1 unspecified atom stereocenters. The molecule has 3 aromatic heterocycles. The summed E-state index contributed by atoms with van der Waals surface area (Å²) in [7, 11) is 0. The van der Waals surface area contributed by atoms with Gasteiger partial charge in [-0.3, -0.25) is 19.1 Å². The molecule has 0 aromatic carbocycles. The zero-order valence-electron chi connectivity index (χ0n) is 21.8. The molecule has 10 heteroatoms. The topological polar surface area (TPSA) is 102 Å². The van der Waals surface area contributed by atoms with Gasteiger partial charge in [-0.05, 0) is 31.0 Å². The number of rotatable bonds is 6. The predicted octanol–water partition coefficient (Wildman–Crippen LogP) is 4.01. The molecule has 0 bridgehead atoms. The smallest absolute Gasteiger partial charge is 0.222 e. The molecule has 1 fully saturated rings. The van der Waals surface area contributed by atoms with Gasteiger partial charge in [0.1, 0.15) is 5.82 Å². The van der Waals surface area contributed by atoms with Gasteiger partial charge < -0.3 is 15.4 Å². The van der Waals surface area contributed by atoms with E-state index in [1.807, 2.05) is 12.1 Å². The van der Waals surface area contributed by atoms with Crippen LogP contribution in [-0.4, -0.2) is 55.1 Å². The van der Waals surface area contributed by atoms with Gasteiger partial charge in [-0.2, -0.15) is 10.2 Å². The minimum atomic E-state index is -0.119. The first-order valence-corrected chi connectivity index (χ1v) is 12.7. The lowest BCUT2D eigenvalue weighted by Crippen LogP contribution is -2.36. The number of ether oxygens (including phenoxy) is 1. The molecule has 2 N–H and O–H groups in total. The number of hydrogen-bond acceptors (Lipinski definition) is 7. The molecule has 0 saturated carbocycles. The van der Waals surface area contributed by atoms with Gasteiger partial charge in [-0.15, -0.1) is 0 Å². The van der Waals surface area contributed by atoms with E-state index in [1.54, 1.807) is 6.20 Å². The molecule has 0 radical (unpaired) electrons. The Morgan fingerprint density at radius 3 is 2.67 bits per heavy atom. The molecular formula is C26H36N8O2. The summed E-state index contributed by atoms with van der Waals surface area (Å²) in [4.78, 5) is 18.0. The largest absolute Gasteiger partial charge is 0.379 e. The number of nitrogens with one attached hydrogen (secondary N) is 2. The quantitative estimate of drug-likeness (QED) is 0.536. The van der Waals surface area contributed by atoms with Gasteiger partial charge in [-0.1, -0.05) is 20.8 Å². The second-order valence-electron chi connectivity index (χ2n) is 10.8. The summed E-state index contributed by atoms with van der Waals surface area (Å²) in [6, 6.07) is 8.67. The summed E-state index contributed by atoms with van der Waals surface area (Å²) in [5.74, 6) is 2.09. The maximum absolute atomic E-state index is 11.4. The van der Waals surface area contributed by atoms with Crippen LogP contribution >= 0.6 is 0 Å². The number of anilines is 3. The zero-order valence-corrected chi connectivity index (χ0v) is 21.8. The highest BCUT2D eigenvalue weighted by Gasteiger charge is 2.29. The Hall–Kier alpha value is -3.24. The first kappa shape index (κ1) is 24.5. The van der Waals surface area contributed by atoms with Crippen molar-refractivity contribution >= 4 is 23.4 Å². The lowest BCUT2D eigenvalue weighted by atomic mass is 9.91. The summed E-state index contributed by atoms with van der Waals surface area (Å²) >= 11 is 0. The van der Waals surface area contributed by atoms with E-state index in [0.29, 0.717) is 12.4 Å². The second kappa shape index (κ2) is 9.67. The molecule has 192 valence electrons. The summed E-state index contributed by atoms with van der Waals surface area (Å²) in [5, 5.41) is 16.0. The van der Waals surface area contributed by atoms with Crippen molar-refractivity contribution in [3.8, 4) is 0 Å². The Bertz CT molecular complexity index is 1240. The fraction of sp³-hybridized carbons (Fsp3) is 0.538. The van der Waals surface area contributed by atoms with Crippen LogP contribution in [0.5, 0.6) is 0 Å². The summed E-state index contributed by atoms with van der Waals surface area (Å²) in [6.07, 6.45) is 2.73. The van der Waals surface area contributed by atoms with Crippen LogP contribution in [0.4, 0.5) is 17.5 Å². The summed E-state index contributed by atoms with van der Waals surface area (Å²) in [5.41, 5.74) is 3.45. The van der Waals surface area contributed by atoms with Crippen LogP contribution in [0, 0.1) is 0 Å². The van der Waals surface area contributed by atoms with Crippen molar-refractivity contribution in [2.45, 2.75) is 71.6 Å². The lowest BCUT2D eigenvalue weighted by Gasteiger charge is -2.33. The highest BCUT2D eigenvalue weighted by Crippen LogP contribution is 2.33. The molecule has 0 spiro atoms. The molecule has 0 aliphatic carbocycles. The number of carbonyl (C=O) groups is 1.